The van der Waals surface area contributed by atoms with Crippen molar-refractivity contribution in [3.8, 4) is 0 Å². The topological polar surface area (TPSA) is 48.5 Å². The Bertz CT molecular complexity index is 1520. The zero-order valence-electron chi connectivity index (χ0n) is 19.8. The van der Waals surface area contributed by atoms with Crippen LogP contribution in [0.25, 0.3) is 32.6 Å². The summed E-state index contributed by atoms with van der Waals surface area (Å²) in [7, 11) is 3.90. The van der Waals surface area contributed by atoms with E-state index in [1.165, 1.54) is 38.2 Å². The molecule has 0 aliphatic rings. The predicted molar refractivity (Wildman–Crippen MR) is 137 cm³/mol. The fraction of sp³-hybridized carbons (Fsp3) is 0.179. The van der Waals surface area contributed by atoms with Crippen molar-refractivity contribution >= 4 is 32.6 Å². The molecule has 0 spiro atoms. The van der Waals surface area contributed by atoms with Gasteiger partial charge in [0.1, 0.15) is 0 Å². The molecule has 3 heterocycles. The summed E-state index contributed by atoms with van der Waals surface area (Å²) in [6, 6.07) is 22.9. The predicted octanol–water partition coefficient (Wildman–Crippen LogP) is 6.31. The Morgan fingerprint density at radius 2 is 1.39 bits per heavy atom. The number of hydrogen-bond donors (Lipinski definition) is 0. The van der Waals surface area contributed by atoms with Gasteiger partial charge in [0.25, 0.3) is 0 Å². The highest BCUT2D eigenvalue weighted by molar-refractivity contribution is 5.82. The van der Waals surface area contributed by atoms with Crippen molar-refractivity contribution in [3.05, 3.63) is 102 Å². The van der Waals surface area contributed by atoms with Gasteiger partial charge in [-0.3, -0.25) is 14.3 Å². The maximum absolute atomic E-state index is 4.27. The van der Waals surface area contributed by atoms with Gasteiger partial charge in [-0.2, -0.15) is 10.2 Å². The molecule has 0 atom stereocenters. The standard InChI is InChI=1S/C10H9N.2C9H10N2/c1-8-6-9-4-2-3-5-10(9)7-11-8;1-7-3-4-9-8(5-7)6-11(2)10-9;1-7-3-4-8-6-10-11(2)9(8)5-7/h2-7H,1H3;2*3-6H,1-2H3. The minimum Gasteiger partial charge on any atom is -0.275 e. The highest BCUT2D eigenvalue weighted by Gasteiger charge is 1.97. The lowest BCUT2D eigenvalue weighted by Crippen LogP contribution is -1.88. The summed E-state index contributed by atoms with van der Waals surface area (Å²) in [6.45, 7) is 6.19. The van der Waals surface area contributed by atoms with Gasteiger partial charge in [0.05, 0.1) is 17.2 Å². The summed E-state index contributed by atoms with van der Waals surface area (Å²) in [5, 5.41) is 13.3. The number of aromatic nitrogens is 5. The first-order valence-electron chi connectivity index (χ1n) is 11.0. The number of rotatable bonds is 0. The van der Waals surface area contributed by atoms with E-state index in [-0.39, 0.29) is 0 Å². The molecule has 0 radical (unpaired) electrons. The van der Waals surface area contributed by atoms with Crippen LogP contribution in [-0.4, -0.2) is 24.5 Å². The van der Waals surface area contributed by atoms with Crippen LogP contribution in [0.3, 0.4) is 0 Å². The van der Waals surface area contributed by atoms with Crippen molar-refractivity contribution in [2.75, 3.05) is 0 Å². The second-order valence-corrected chi connectivity index (χ2v) is 8.37. The Labute approximate surface area is 194 Å². The molecule has 5 nitrogen and oxygen atoms in total. The number of benzene rings is 3. The average molecular weight is 436 g/mol. The van der Waals surface area contributed by atoms with Crippen molar-refractivity contribution < 1.29 is 0 Å². The third kappa shape index (κ3) is 5.44. The van der Waals surface area contributed by atoms with Gasteiger partial charge in [-0.15, -0.1) is 0 Å². The van der Waals surface area contributed by atoms with Crippen LogP contribution in [0.5, 0.6) is 0 Å². The van der Waals surface area contributed by atoms with Gasteiger partial charge >= 0.3 is 0 Å². The van der Waals surface area contributed by atoms with Crippen LogP contribution in [0.4, 0.5) is 0 Å². The quantitative estimate of drug-likeness (QED) is 0.281. The maximum atomic E-state index is 4.27. The first-order valence-corrected chi connectivity index (χ1v) is 11.0. The van der Waals surface area contributed by atoms with Crippen LogP contribution >= 0.6 is 0 Å². The molecule has 6 rings (SSSR count). The molecule has 0 bridgehead atoms. The maximum Gasteiger partial charge on any atom is 0.0923 e. The Balaban J connectivity index is 0.000000118. The summed E-state index contributed by atoms with van der Waals surface area (Å²) in [4.78, 5) is 4.21. The highest BCUT2D eigenvalue weighted by Crippen LogP contribution is 2.14. The van der Waals surface area contributed by atoms with Crippen LogP contribution in [0.2, 0.25) is 0 Å². The molecule has 0 unspecified atom stereocenters. The SMILES string of the molecule is Cc1cc2ccccc2cn1.Cc1ccc2cnn(C)c2c1.Cc1ccc2nn(C)cc2c1. The summed E-state index contributed by atoms with van der Waals surface area (Å²) in [6.07, 6.45) is 5.82. The largest absolute Gasteiger partial charge is 0.275 e. The van der Waals surface area contributed by atoms with Crippen LogP contribution in [0, 0.1) is 20.8 Å². The number of fused-ring (bicyclic) bond motifs is 3. The molecule has 33 heavy (non-hydrogen) atoms. The second-order valence-electron chi connectivity index (χ2n) is 8.37. The first kappa shape index (κ1) is 22.2. The Morgan fingerprint density at radius 3 is 2.21 bits per heavy atom. The molecule has 3 aromatic carbocycles. The number of pyridine rings is 1. The van der Waals surface area contributed by atoms with Gasteiger partial charge in [-0.25, -0.2) is 0 Å². The molecule has 6 aromatic rings. The van der Waals surface area contributed by atoms with Gasteiger partial charge in [0, 0.05) is 48.3 Å². The zero-order chi connectivity index (χ0) is 23.4. The summed E-state index contributed by atoms with van der Waals surface area (Å²) >= 11 is 0. The van der Waals surface area contributed by atoms with Crippen LogP contribution in [-0.2, 0) is 14.1 Å². The molecule has 0 saturated heterocycles. The molecule has 166 valence electrons. The number of aryl methyl sites for hydroxylation is 5. The van der Waals surface area contributed by atoms with Crippen molar-refractivity contribution in [3.63, 3.8) is 0 Å². The third-order valence-corrected chi connectivity index (χ3v) is 5.45. The lowest BCUT2D eigenvalue weighted by Gasteiger charge is -1.96. The summed E-state index contributed by atoms with van der Waals surface area (Å²) < 4.78 is 3.73. The van der Waals surface area contributed by atoms with Gasteiger partial charge < -0.3 is 0 Å². The number of nitrogens with zero attached hydrogens (tertiary/aromatic N) is 5. The van der Waals surface area contributed by atoms with E-state index >= 15 is 0 Å². The van der Waals surface area contributed by atoms with Crippen LogP contribution in [0.15, 0.2) is 85.3 Å². The highest BCUT2D eigenvalue weighted by atomic mass is 15.2. The Kier molecular flexibility index (Phi) is 6.50. The molecule has 5 heteroatoms. The third-order valence-electron chi connectivity index (χ3n) is 5.45. The minimum absolute atomic E-state index is 1.07. The van der Waals surface area contributed by atoms with Crippen LogP contribution < -0.4 is 0 Å². The summed E-state index contributed by atoms with van der Waals surface area (Å²) in [5.74, 6) is 0. The molecule has 0 saturated carbocycles. The smallest absolute Gasteiger partial charge is 0.0923 e. The van der Waals surface area contributed by atoms with Gasteiger partial charge in [0.2, 0.25) is 0 Å². The van der Waals surface area contributed by atoms with Gasteiger partial charge in [-0.1, -0.05) is 48.0 Å². The van der Waals surface area contributed by atoms with E-state index in [1.54, 1.807) is 0 Å². The molecule has 0 aliphatic heterocycles. The second kappa shape index (κ2) is 9.65. The van der Waals surface area contributed by atoms with Crippen molar-refractivity contribution in [2.45, 2.75) is 20.8 Å². The fourth-order valence-electron chi connectivity index (χ4n) is 3.72. The van der Waals surface area contributed by atoms with Crippen LogP contribution in [0.1, 0.15) is 16.8 Å². The van der Waals surface area contributed by atoms with E-state index in [0.717, 1.165) is 11.2 Å². The van der Waals surface area contributed by atoms with E-state index in [9.17, 15) is 0 Å². The van der Waals surface area contributed by atoms with Crippen molar-refractivity contribution in [1.82, 2.24) is 24.5 Å². The Morgan fingerprint density at radius 1 is 0.667 bits per heavy atom. The number of hydrogen-bond acceptors (Lipinski definition) is 3. The summed E-state index contributed by atoms with van der Waals surface area (Å²) in [5.41, 5.74) is 5.90. The van der Waals surface area contributed by atoms with E-state index in [1.807, 2.05) is 67.2 Å². The van der Waals surface area contributed by atoms with E-state index in [2.05, 4.69) is 77.6 Å². The Hall–Kier alpha value is -3.99. The molecule has 0 amide bonds. The first-order chi connectivity index (χ1) is 15.9. The molecular formula is C28H29N5. The lowest BCUT2D eigenvalue weighted by atomic mass is 10.1. The van der Waals surface area contributed by atoms with E-state index in [4.69, 9.17) is 0 Å². The monoisotopic (exact) mass is 435 g/mol. The molecule has 3 aromatic heterocycles. The molecule has 0 N–H and O–H groups in total. The fourth-order valence-corrected chi connectivity index (χ4v) is 3.72. The average Bonchev–Trinajstić information content (AvgIpc) is 3.35. The van der Waals surface area contributed by atoms with Gasteiger partial charge in [0.15, 0.2) is 0 Å². The van der Waals surface area contributed by atoms with E-state index in [0.29, 0.717) is 0 Å². The van der Waals surface area contributed by atoms with Gasteiger partial charge in [-0.05, 0) is 56.0 Å². The lowest BCUT2D eigenvalue weighted by molar-refractivity contribution is 0.780. The molecule has 0 fully saturated rings. The van der Waals surface area contributed by atoms with Crippen molar-refractivity contribution in [1.29, 1.82) is 0 Å². The zero-order valence-corrected chi connectivity index (χ0v) is 19.8. The van der Waals surface area contributed by atoms with Crippen molar-refractivity contribution in [2.24, 2.45) is 14.1 Å². The van der Waals surface area contributed by atoms with E-state index < -0.39 is 0 Å². The molecular weight excluding hydrogens is 406 g/mol. The molecule has 0 aliphatic carbocycles. The normalized spacial score (nSPS) is 10.6. The minimum atomic E-state index is 1.07.